The molecule has 0 aliphatic heterocycles. The van der Waals surface area contributed by atoms with Crippen LogP contribution in [0.2, 0.25) is 0 Å². The third kappa shape index (κ3) is 2.14. The van der Waals surface area contributed by atoms with Crippen molar-refractivity contribution in [1.29, 1.82) is 0 Å². The standard InChI is InChI=1S/C22H28O5/c1-9-14(23)10(2)15-11(3)18(25)21(6)17(15)22(21,7)19-12(4)16(24)13(5)20(26-8)27-19/h11,15,17H,2,9H2,1,3-8H3/t11-,15+,17-,21-,22+/m1/s1. The fraction of sp³-hybridized carbons (Fsp3) is 0.591. The van der Waals surface area contributed by atoms with E-state index in [-0.39, 0.29) is 40.7 Å². The van der Waals surface area contributed by atoms with Crippen LogP contribution in [0.1, 0.15) is 51.0 Å². The summed E-state index contributed by atoms with van der Waals surface area (Å²) in [6.45, 7) is 15.0. The Kier molecular flexibility index (Phi) is 4.29. The van der Waals surface area contributed by atoms with Crippen LogP contribution in [0, 0.1) is 37.0 Å². The zero-order valence-corrected chi connectivity index (χ0v) is 17.2. The Morgan fingerprint density at radius 2 is 1.78 bits per heavy atom. The van der Waals surface area contributed by atoms with Gasteiger partial charge in [0.25, 0.3) is 5.95 Å². The molecule has 0 unspecified atom stereocenters. The van der Waals surface area contributed by atoms with E-state index in [4.69, 9.17) is 9.15 Å². The molecule has 2 fully saturated rings. The lowest BCUT2D eigenvalue weighted by Crippen LogP contribution is -2.33. The van der Waals surface area contributed by atoms with Gasteiger partial charge in [-0.3, -0.25) is 14.4 Å². The highest BCUT2D eigenvalue weighted by molar-refractivity contribution is 6.02. The summed E-state index contributed by atoms with van der Waals surface area (Å²) in [5, 5.41) is 0. The Bertz CT molecular complexity index is 923. The molecule has 1 aromatic heterocycles. The van der Waals surface area contributed by atoms with Crippen LogP contribution in [-0.4, -0.2) is 18.7 Å². The molecule has 2 aliphatic rings. The minimum absolute atomic E-state index is 0.0159. The number of hydrogen-bond donors (Lipinski definition) is 0. The predicted octanol–water partition coefficient (Wildman–Crippen LogP) is 3.53. The summed E-state index contributed by atoms with van der Waals surface area (Å²) in [4.78, 5) is 38.2. The van der Waals surface area contributed by atoms with E-state index in [2.05, 4.69) is 6.58 Å². The normalized spacial score (nSPS) is 34.3. The van der Waals surface area contributed by atoms with Crippen LogP contribution in [0.4, 0.5) is 0 Å². The number of ketones is 2. The van der Waals surface area contributed by atoms with Crippen molar-refractivity contribution in [2.45, 2.75) is 53.4 Å². The molecule has 27 heavy (non-hydrogen) atoms. The monoisotopic (exact) mass is 372 g/mol. The number of carbonyl (C=O) groups is 2. The highest BCUT2D eigenvalue weighted by Gasteiger charge is 2.84. The fourth-order valence-electron chi connectivity index (χ4n) is 5.60. The minimum Gasteiger partial charge on any atom is -0.468 e. The minimum atomic E-state index is -0.686. The van der Waals surface area contributed by atoms with Crippen molar-refractivity contribution in [1.82, 2.24) is 0 Å². The average molecular weight is 372 g/mol. The van der Waals surface area contributed by atoms with Crippen LogP contribution >= 0.6 is 0 Å². The molecule has 0 amide bonds. The number of ether oxygens (including phenoxy) is 1. The van der Waals surface area contributed by atoms with Crippen LogP contribution in [0.5, 0.6) is 5.95 Å². The third-order valence-electron chi connectivity index (χ3n) is 7.32. The van der Waals surface area contributed by atoms with Gasteiger partial charge in [-0.05, 0) is 25.3 Å². The molecule has 5 heteroatoms. The molecule has 0 bridgehead atoms. The summed E-state index contributed by atoms with van der Waals surface area (Å²) in [5.41, 5.74) is -0.0613. The summed E-state index contributed by atoms with van der Waals surface area (Å²) < 4.78 is 11.3. The summed E-state index contributed by atoms with van der Waals surface area (Å²) in [5.74, 6) is 0.127. The molecule has 146 valence electrons. The Morgan fingerprint density at radius 1 is 1.19 bits per heavy atom. The Morgan fingerprint density at radius 3 is 2.30 bits per heavy atom. The lowest BCUT2D eigenvalue weighted by atomic mass is 9.75. The van der Waals surface area contributed by atoms with Gasteiger partial charge in [0.2, 0.25) is 0 Å². The molecule has 0 N–H and O–H groups in total. The molecule has 2 aliphatic carbocycles. The van der Waals surface area contributed by atoms with Crippen LogP contribution in [0.25, 0.3) is 0 Å². The SMILES string of the molecule is C=C(C(=O)CC)[C@@H]1[C@@H]2[C@](C)(C(=O)[C@@H]1C)[C@]2(C)c1oc(OC)c(C)c(=O)c1C. The van der Waals surface area contributed by atoms with E-state index in [9.17, 15) is 14.4 Å². The molecule has 0 aromatic carbocycles. The highest BCUT2D eigenvalue weighted by Crippen LogP contribution is 2.79. The van der Waals surface area contributed by atoms with E-state index in [0.717, 1.165) is 0 Å². The first-order chi connectivity index (χ1) is 12.5. The van der Waals surface area contributed by atoms with E-state index in [1.54, 1.807) is 20.8 Å². The number of allylic oxidation sites excluding steroid dienone is 1. The van der Waals surface area contributed by atoms with E-state index >= 15 is 0 Å². The predicted molar refractivity (Wildman–Crippen MR) is 102 cm³/mol. The largest absolute Gasteiger partial charge is 0.468 e. The summed E-state index contributed by atoms with van der Waals surface area (Å²) in [7, 11) is 1.46. The van der Waals surface area contributed by atoms with Crippen molar-refractivity contribution >= 4 is 11.6 Å². The second kappa shape index (κ2) is 5.91. The number of fused-ring (bicyclic) bond motifs is 1. The quantitative estimate of drug-likeness (QED) is 0.739. The van der Waals surface area contributed by atoms with Crippen molar-refractivity contribution < 1.29 is 18.7 Å². The van der Waals surface area contributed by atoms with Gasteiger partial charge < -0.3 is 9.15 Å². The molecule has 3 rings (SSSR count). The van der Waals surface area contributed by atoms with Crippen molar-refractivity contribution in [3.8, 4) is 5.95 Å². The van der Waals surface area contributed by atoms with E-state index in [1.165, 1.54) is 7.11 Å². The van der Waals surface area contributed by atoms with Gasteiger partial charge >= 0.3 is 0 Å². The molecule has 5 nitrogen and oxygen atoms in total. The van der Waals surface area contributed by atoms with E-state index in [1.807, 2.05) is 20.8 Å². The summed E-state index contributed by atoms with van der Waals surface area (Å²) in [6, 6.07) is 0. The van der Waals surface area contributed by atoms with E-state index in [0.29, 0.717) is 28.9 Å². The molecule has 5 atom stereocenters. The zero-order chi connectivity index (χ0) is 20.5. The highest BCUT2D eigenvalue weighted by atomic mass is 16.6. The molecular formula is C22H28O5. The smallest absolute Gasteiger partial charge is 0.291 e. The maximum Gasteiger partial charge on any atom is 0.291 e. The molecule has 0 spiro atoms. The van der Waals surface area contributed by atoms with Gasteiger partial charge in [-0.25, -0.2) is 0 Å². The fourth-order valence-corrected chi connectivity index (χ4v) is 5.60. The molecular weight excluding hydrogens is 344 g/mol. The van der Waals surface area contributed by atoms with Crippen molar-refractivity contribution in [3.63, 3.8) is 0 Å². The summed E-state index contributed by atoms with van der Waals surface area (Å²) >= 11 is 0. The average Bonchev–Trinajstić information content (AvgIpc) is 3.06. The van der Waals surface area contributed by atoms with Gasteiger partial charge in [-0.2, -0.15) is 0 Å². The van der Waals surface area contributed by atoms with Crippen LogP contribution in [0.3, 0.4) is 0 Å². The Hall–Kier alpha value is -2.17. The van der Waals surface area contributed by atoms with Crippen molar-refractivity contribution in [2.75, 3.05) is 7.11 Å². The number of hydrogen-bond acceptors (Lipinski definition) is 5. The summed E-state index contributed by atoms with van der Waals surface area (Å²) in [6.07, 6.45) is 0.364. The molecule has 1 aromatic rings. The van der Waals surface area contributed by atoms with Crippen molar-refractivity contribution in [3.05, 3.63) is 39.3 Å². The molecule has 0 radical (unpaired) electrons. The van der Waals surface area contributed by atoms with Crippen molar-refractivity contribution in [2.24, 2.45) is 23.2 Å². The van der Waals surface area contributed by atoms with Gasteiger partial charge in [-0.15, -0.1) is 0 Å². The van der Waals surface area contributed by atoms with Gasteiger partial charge in [0.15, 0.2) is 11.2 Å². The molecule has 2 saturated carbocycles. The second-order valence-corrected chi connectivity index (χ2v) is 8.36. The first-order valence-corrected chi connectivity index (χ1v) is 9.45. The number of Topliss-reactive ketones (excluding diaryl/α,β-unsaturated/α-hetero) is 2. The first-order valence-electron chi connectivity index (χ1n) is 9.45. The molecule has 0 saturated heterocycles. The van der Waals surface area contributed by atoms with Crippen LogP contribution in [-0.2, 0) is 15.0 Å². The Labute approximate surface area is 159 Å². The number of rotatable bonds is 5. The topological polar surface area (TPSA) is 73.6 Å². The first kappa shape index (κ1) is 19.6. The van der Waals surface area contributed by atoms with Gasteiger partial charge in [0, 0.05) is 34.7 Å². The molecule has 1 heterocycles. The Balaban J connectivity index is 2.18. The maximum absolute atomic E-state index is 13.2. The number of methoxy groups -OCH3 is 1. The van der Waals surface area contributed by atoms with Gasteiger partial charge in [-0.1, -0.05) is 34.3 Å². The third-order valence-corrected chi connectivity index (χ3v) is 7.32. The van der Waals surface area contributed by atoms with Crippen LogP contribution in [0.15, 0.2) is 21.4 Å². The lowest BCUT2D eigenvalue weighted by molar-refractivity contribution is -0.126. The lowest BCUT2D eigenvalue weighted by Gasteiger charge is -2.27. The zero-order valence-electron chi connectivity index (χ0n) is 17.2. The van der Waals surface area contributed by atoms with Gasteiger partial charge in [0.1, 0.15) is 11.5 Å². The number of carbonyl (C=O) groups excluding carboxylic acids is 2. The van der Waals surface area contributed by atoms with Crippen LogP contribution < -0.4 is 10.2 Å². The van der Waals surface area contributed by atoms with E-state index < -0.39 is 10.8 Å². The van der Waals surface area contributed by atoms with Gasteiger partial charge in [0.05, 0.1) is 12.7 Å². The maximum atomic E-state index is 13.2. The second-order valence-electron chi connectivity index (χ2n) is 8.36.